The van der Waals surface area contributed by atoms with Crippen LogP contribution in [0.3, 0.4) is 0 Å². The molecule has 0 spiro atoms. The van der Waals surface area contributed by atoms with Crippen molar-refractivity contribution in [2.45, 2.75) is 18.3 Å². The van der Waals surface area contributed by atoms with Crippen LogP contribution in [-0.4, -0.2) is 39.9 Å². The lowest BCUT2D eigenvalue weighted by molar-refractivity contribution is 0.0498. The number of methoxy groups -OCH3 is 2. The van der Waals surface area contributed by atoms with Crippen LogP contribution in [0.5, 0.6) is 11.5 Å². The van der Waals surface area contributed by atoms with E-state index in [2.05, 4.69) is 22.8 Å². The van der Waals surface area contributed by atoms with Crippen molar-refractivity contribution in [2.24, 2.45) is 0 Å². The Morgan fingerprint density at radius 3 is 2.64 bits per heavy atom. The highest BCUT2D eigenvalue weighted by Gasteiger charge is 2.36. The minimum absolute atomic E-state index is 0.0613. The number of carbonyl (C=O) groups excluding carboxylic acids is 1. The summed E-state index contributed by atoms with van der Waals surface area (Å²) in [5.74, 6) is 0.854. The summed E-state index contributed by atoms with van der Waals surface area (Å²) in [7, 11) is 3.10. The first-order valence-corrected chi connectivity index (χ1v) is 9.19. The molecule has 5 nitrogen and oxygen atoms in total. The lowest BCUT2D eigenvalue weighted by Gasteiger charge is -2.36. The number of ether oxygens (including phenoxy) is 3. The molecule has 2 aromatic rings. The largest absolute Gasteiger partial charge is 0.493 e. The molecule has 1 aromatic heterocycles. The first kappa shape index (κ1) is 17.8. The summed E-state index contributed by atoms with van der Waals surface area (Å²) < 4.78 is 16.2. The molecule has 0 radical (unpaired) electrons. The van der Waals surface area contributed by atoms with Crippen molar-refractivity contribution in [3.8, 4) is 11.5 Å². The van der Waals surface area contributed by atoms with Crippen molar-refractivity contribution in [3.63, 3.8) is 0 Å². The van der Waals surface area contributed by atoms with Crippen molar-refractivity contribution >= 4 is 17.2 Å². The molecule has 0 bridgehead atoms. The third-order valence-corrected chi connectivity index (χ3v) is 5.84. The molecule has 0 unspecified atom stereocenters. The van der Waals surface area contributed by atoms with Crippen LogP contribution in [0.4, 0.5) is 0 Å². The molecule has 1 fully saturated rings. The van der Waals surface area contributed by atoms with Crippen LogP contribution >= 0.6 is 11.3 Å². The lowest BCUT2D eigenvalue weighted by Crippen LogP contribution is -2.44. The Morgan fingerprint density at radius 1 is 1.20 bits per heavy atom. The molecule has 6 heteroatoms. The molecule has 25 heavy (non-hydrogen) atoms. The smallest absolute Gasteiger partial charge is 0.255 e. The van der Waals surface area contributed by atoms with Crippen molar-refractivity contribution in [2.75, 3.05) is 34.0 Å². The Morgan fingerprint density at radius 2 is 2.00 bits per heavy atom. The van der Waals surface area contributed by atoms with E-state index < -0.39 is 0 Å². The van der Waals surface area contributed by atoms with Crippen LogP contribution in [0.15, 0.2) is 35.7 Å². The van der Waals surface area contributed by atoms with E-state index in [-0.39, 0.29) is 11.3 Å². The molecule has 0 aliphatic carbocycles. The van der Waals surface area contributed by atoms with Gasteiger partial charge in [0.05, 0.1) is 19.8 Å². The monoisotopic (exact) mass is 361 g/mol. The number of benzene rings is 1. The van der Waals surface area contributed by atoms with E-state index in [1.165, 1.54) is 4.88 Å². The Balaban J connectivity index is 1.79. The first-order valence-electron chi connectivity index (χ1n) is 8.31. The summed E-state index contributed by atoms with van der Waals surface area (Å²) >= 11 is 1.74. The molecular weight excluding hydrogens is 338 g/mol. The zero-order chi connectivity index (χ0) is 17.7. The molecule has 134 valence electrons. The average Bonchev–Trinajstić information content (AvgIpc) is 3.21. The van der Waals surface area contributed by atoms with Crippen LogP contribution in [0.25, 0.3) is 0 Å². The van der Waals surface area contributed by atoms with Gasteiger partial charge in [0.25, 0.3) is 5.91 Å². The number of hydrogen-bond acceptors (Lipinski definition) is 5. The van der Waals surface area contributed by atoms with E-state index in [0.717, 1.165) is 26.1 Å². The van der Waals surface area contributed by atoms with Crippen LogP contribution < -0.4 is 14.8 Å². The number of amides is 1. The molecule has 2 heterocycles. The zero-order valence-electron chi connectivity index (χ0n) is 14.5. The third-order valence-electron chi connectivity index (χ3n) is 4.73. The van der Waals surface area contributed by atoms with Crippen LogP contribution in [0.1, 0.15) is 28.1 Å². The third kappa shape index (κ3) is 3.65. The predicted octanol–water partition coefficient (Wildman–Crippen LogP) is 3.24. The van der Waals surface area contributed by atoms with E-state index in [1.54, 1.807) is 43.8 Å². The van der Waals surface area contributed by atoms with Crippen molar-refractivity contribution in [1.82, 2.24) is 5.32 Å². The fourth-order valence-electron chi connectivity index (χ4n) is 3.26. The molecule has 3 rings (SSSR count). The number of carbonyl (C=O) groups is 1. The number of nitrogens with one attached hydrogen (secondary N) is 1. The van der Waals surface area contributed by atoms with Crippen molar-refractivity contribution in [3.05, 3.63) is 46.2 Å². The summed E-state index contributed by atoms with van der Waals surface area (Å²) in [5.41, 5.74) is 0.420. The van der Waals surface area contributed by atoms with E-state index in [0.29, 0.717) is 23.6 Å². The van der Waals surface area contributed by atoms with E-state index in [4.69, 9.17) is 14.2 Å². The van der Waals surface area contributed by atoms with Gasteiger partial charge in [-0.25, -0.2) is 0 Å². The predicted molar refractivity (Wildman–Crippen MR) is 97.9 cm³/mol. The SMILES string of the molecule is COc1cccc(C(=O)NCC2(c3cccs3)CCOCC2)c1OC. The summed E-state index contributed by atoms with van der Waals surface area (Å²) in [6.07, 6.45) is 1.81. The van der Waals surface area contributed by atoms with Gasteiger partial charge in [-0.05, 0) is 36.4 Å². The zero-order valence-corrected chi connectivity index (χ0v) is 15.4. The standard InChI is InChI=1S/C19H23NO4S/c1-22-15-6-3-5-14(17(15)23-2)18(21)20-13-19(8-10-24-11-9-19)16-7-4-12-25-16/h3-7,12H,8-11,13H2,1-2H3,(H,20,21). The summed E-state index contributed by atoms with van der Waals surface area (Å²) in [6, 6.07) is 9.53. The van der Waals surface area contributed by atoms with Crippen LogP contribution in [0, 0.1) is 0 Å². The van der Waals surface area contributed by atoms with Crippen molar-refractivity contribution in [1.29, 1.82) is 0 Å². The fraction of sp³-hybridized carbons (Fsp3) is 0.421. The van der Waals surface area contributed by atoms with Gasteiger partial charge in [-0.15, -0.1) is 11.3 Å². The first-order chi connectivity index (χ1) is 12.2. The Kier molecular flexibility index (Phi) is 5.60. The number of thiophene rings is 1. The molecule has 0 saturated carbocycles. The maximum atomic E-state index is 12.8. The van der Waals surface area contributed by atoms with Gasteiger partial charge in [0.1, 0.15) is 0 Å². The molecule has 1 saturated heterocycles. The quantitative estimate of drug-likeness (QED) is 0.858. The maximum absolute atomic E-state index is 12.8. The highest BCUT2D eigenvalue weighted by atomic mass is 32.1. The normalized spacial score (nSPS) is 16.2. The Labute approximate surface area is 151 Å². The molecule has 1 N–H and O–H groups in total. The topological polar surface area (TPSA) is 56.8 Å². The van der Waals surface area contributed by atoms with Crippen molar-refractivity contribution < 1.29 is 19.0 Å². The highest BCUT2D eigenvalue weighted by Crippen LogP contribution is 2.37. The van der Waals surface area contributed by atoms with Gasteiger partial charge in [-0.1, -0.05) is 12.1 Å². The number of hydrogen-bond donors (Lipinski definition) is 1. The van der Waals surface area contributed by atoms with E-state index in [1.807, 2.05) is 0 Å². The van der Waals surface area contributed by atoms with Gasteiger partial charge in [-0.3, -0.25) is 4.79 Å². The molecule has 0 atom stereocenters. The highest BCUT2D eigenvalue weighted by molar-refractivity contribution is 7.10. The summed E-state index contributed by atoms with van der Waals surface area (Å²) in [5, 5.41) is 5.18. The van der Waals surface area contributed by atoms with E-state index in [9.17, 15) is 4.79 Å². The second-order valence-corrected chi connectivity index (χ2v) is 7.04. The second kappa shape index (κ2) is 7.89. The molecule has 1 amide bonds. The van der Waals surface area contributed by atoms with Gasteiger partial charge in [0.15, 0.2) is 11.5 Å². The summed E-state index contributed by atoms with van der Waals surface area (Å²) in [6.45, 7) is 2.02. The van der Waals surface area contributed by atoms with Gasteiger partial charge in [0, 0.05) is 30.1 Å². The lowest BCUT2D eigenvalue weighted by atomic mass is 9.78. The maximum Gasteiger partial charge on any atom is 0.255 e. The Bertz CT molecular complexity index is 708. The van der Waals surface area contributed by atoms with Gasteiger partial charge in [-0.2, -0.15) is 0 Å². The van der Waals surface area contributed by atoms with Crippen LogP contribution in [-0.2, 0) is 10.2 Å². The van der Waals surface area contributed by atoms with Gasteiger partial charge < -0.3 is 19.5 Å². The minimum Gasteiger partial charge on any atom is -0.493 e. The minimum atomic E-state index is -0.154. The average molecular weight is 361 g/mol. The van der Waals surface area contributed by atoms with Gasteiger partial charge in [0.2, 0.25) is 0 Å². The molecule has 1 aliphatic heterocycles. The Hall–Kier alpha value is -2.05. The number of para-hydroxylation sites is 1. The molecule has 1 aromatic carbocycles. The number of rotatable bonds is 6. The molecule has 1 aliphatic rings. The van der Waals surface area contributed by atoms with E-state index >= 15 is 0 Å². The van der Waals surface area contributed by atoms with Crippen LogP contribution in [0.2, 0.25) is 0 Å². The fourth-order valence-corrected chi connectivity index (χ4v) is 4.25. The second-order valence-electron chi connectivity index (χ2n) is 6.09. The summed E-state index contributed by atoms with van der Waals surface area (Å²) in [4.78, 5) is 14.1. The molecular formula is C19H23NO4S. The van der Waals surface area contributed by atoms with Gasteiger partial charge >= 0.3 is 0 Å².